The second-order valence-electron chi connectivity index (χ2n) is 8.59. The topological polar surface area (TPSA) is 68.8 Å². The van der Waals surface area contributed by atoms with Crippen molar-refractivity contribution in [2.24, 2.45) is 0 Å². The maximum Gasteiger partial charge on any atom is 0.248 e. The number of aromatic nitrogens is 1. The molecule has 1 aromatic heterocycles. The zero-order chi connectivity index (χ0) is 22.3. The van der Waals surface area contributed by atoms with Crippen LogP contribution < -0.4 is 15.2 Å². The van der Waals surface area contributed by atoms with Crippen LogP contribution >= 0.6 is 0 Å². The standard InChI is InChI=1S/C26H33N3O3/c1-2-3-4-20-5-8-22(9-6-20)29-15-13-28(14-16-29)18-23(30)19-32-24-10-11-25-21(17-24)7-12-26(31)27-25/h5-12,17,23,30H,2-4,13-16,18-19H2,1H3,(H,27,31)/t23-/m0/s1. The van der Waals surface area contributed by atoms with E-state index in [1.54, 1.807) is 6.07 Å². The highest BCUT2D eigenvalue weighted by atomic mass is 16.5. The Morgan fingerprint density at radius 1 is 1.03 bits per heavy atom. The zero-order valence-electron chi connectivity index (χ0n) is 18.8. The van der Waals surface area contributed by atoms with E-state index in [0.29, 0.717) is 12.3 Å². The summed E-state index contributed by atoms with van der Waals surface area (Å²) in [5.41, 5.74) is 3.35. The number of nitrogens with zero attached hydrogens (tertiary/aromatic N) is 2. The monoisotopic (exact) mass is 435 g/mol. The average Bonchev–Trinajstić information content (AvgIpc) is 2.82. The molecule has 1 saturated heterocycles. The number of anilines is 1. The molecule has 2 heterocycles. The van der Waals surface area contributed by atoms with Gasteiger partial charge in [-0.1, -0.05) is 25.5 Å². The summed E-state index contributed by atoms with van der Waals surface area (Å²) in [4.78, 5) is 18.9. The number of benzene rings is 2. The maximum absolute atomic E-state index is 11.4. The highest BCUT2D eigenvalue weighted by molar-refractivity contribution is 5.79. The molecular weight excluding hydrogens is 402 g/mol. The second-order valence-corrected chi connectivity index (χ2v) is 8.59. The van der Waals surface area contributed by atoms with Crippen LogP contribution in [0.4, 0.5) is 5.69 Å². The van der Waals surface area contributed by atoms with Crippen LogP contribution in [0.1, 0.15) is 25.3 Å². The molecule has 0 spiro atoms. The summed E-state index contributed by atoms with van der Waals surface area (Å²) in [5.74, 6) is 0.691. The molecular formula is C26H33N3O3. The predicted molar refractivity (Wildman–Crippen MR) is 130 cm³/mol. The Labute approximate surface area is 189 Å². The van der Waals surface area contributed by atoms with Crippen LogP contribution in [0.2, 0.25) is 0 Å². The van der Waals surface area contributed by atoms with Gasteiger partial charge < -0.3 is 19.7 Å². The zero-order valence-corrected chi connectivity index (χ0v) is 18.8. The maximum atomic E-state index is 11.4. The smallest absolute Gasteiger partial charge is 0.248 e. The minimum absolute atomic E-state index is 0.120. The molecule has 2 aromatic carbocycles. The van der Waals surface area contributed by atoms with Crippen molar-refractivity contribution in [3.8, 4) is 5.75 Å². The normalized spacial score (nSPS) is 15.8. The number of aromatic amines is 1. The van der Waals surface area contributed by atoms with Gasteiger partial charge in [0.1, 0.15) is 18.5 Å². The van der Waals surface area contributed by atoms with Crippen molar-refractivity contribution in [3.05, 3.63) is 70.5 Å². The first kappa shape index (κ1) is 22.4. The Kier molecular flexibility index (Phi) is 7.45. The van der Waals surface area contributed by atoms with E-state index in [1.165, 1.54) is 30.2 Å². The number of fused-ring (bicyclic) bond motifs is 1. The highest BCUT2D eigenvalue weighted by Gasteiger charge is 2.20. The number of β-amino-alcohol motifs (C(OH)–C–C–N with tert-alkyl or cyclic N) is 1. The second kappa shape index (κ2) is 10.7. The Hall–Kier alpha value is -2.83. The number of aliphatic hydroxyl groups is 1. The molecule has 2 N–H and O–H groups in total. The first-order valence-corrected chi connectivity index (χ1v) is 11.6. The van der Waals surface area contributed by atoms with Gasteiger partial charge >= 0.3 is 0 Å². The summed E-state index contributed by atoms with van der Waals surface area (Å²) in [7, 11) is 0. The number of ether oxygens (including phenoxy) is 1. The number of aliphatic hydroxyl groups excluding tert-OH is 1. The van der Waals surface area contributed by atoms with E-state index in [2.05, 4.69) is 46.0 Å². The van der Waals surface area contributed by atoms with Crippen LogP contribution in [0, 0.1) is 0 Å². The molecule has 0 aliphatic carbocycles. The third kappa shape index (κ3) is 5.90. The summed E-state index contributed by atoms with van der Waals surface area (Å²) in [5, 5.41) is 11.4. The van der Waals surface area contributed by atoms with Crippen molar-refractivity contribution in [2.75, 3.05) is 44.2 Å². The third-order valence-corrected chi connectivity index (χ3v) is 6.10. The summed E-state index contributed by atoms with van der Waals surface area (Å²) in [6.07, 6.45) is 3.07. The lowest BCUT2D eigenvalue weighted by molar-refractivity contribution is 0.0663. The molecule has 1 atom stereocenters. The van der Waals surface area contributed by atoms with E-state index >= 15 is 0 Å². The first-order chi connectivity index (χ1) is 15.6. The SMILES string of the molecule is CCCCc1ccc(N2CCN(C[C@H](O)COc3ccc4[nH]c(=O)ccc4c3)CC2)cc1. The van der Waals surface area contributed by atoms with Gasteiger partial charge in [0.2, 0.25) is 5.56 Å². The first-order valence-electron chi connectivity index (χ1n) is 11.6. The summed E-state index contributed by atoms with van der Waals surface area (Å²) >= 11 is 0. The predicted octanol–water partition coefficient (Wildman–Crippen LogP) is 3.43. The lowest BCUT2D eigenvalue weighted by Crippen LogP contribution is -2.49. The fourth-order valence-corrected chi connectivity index (χ4v) is 4.21. The van der Waals surface area contributed by atoms with Gasteiger partial charge in [0.15, 0.2) is 0 Å². The highest BCUT2D eigenvalue weighted by Crippen LogP contribution is 2.20. The van der Waals surface area contributed by atoms with Crippen LogP contribution in [0.5, 0.6) is 5.75 Å². The summed E-state index contributed by atoms with van der Waals surface area (Å²) < 4.78 is 5.80. The summed E-state index contributed by atoms with van der Waals surface area (Å²) in [6, 6.07) is 17.8. The van der Waals surface area contributed by atoms with E-state index in [1.807, 2.05) is 18.2 Å². The lowest BCUT2D eigenvalue weighted by atomic mass is 10.1. The van der Waals surface area contributed by atoms with Gasteiger partial charge in [-0.05, 0) is 54.8 Å². The molecule has 0 unspecified atom stereocenters. The van der Waals surface area contributed by atoms with Gasteiger partial charge in [-0.2, -0.15) is 0 Å². The van der Waals surface area contributed by atoms with Crippen LogP contribution in [0.25, 0.3) is 10.9 Å². The molecule has 170 valence electrons. The fraction of sp³-hybridized carbons (Fsp3) is 0.423. The van der Waals surface area contributed by atoms with E-state index in [9.17, 15) is 9.90 Å². The van der Waals surface area contributed by atoms with Crippen molar-refractivity contribution < 1.29 is 9.84 Å². The van der Waals surface area contributed by atoms with Crippen LogP contribution in [0.3, 0.4) is 0 Å². The molecule has 1 aliphatic rings. The van der Waals surface area contributed by atoms with Crippen molar-refractivity contribution in [1.29, 1.82) is 0 Å². The van der Waals surface area contributed by atoms with E-state index in [-0.39, 0.29) is 12.2 Å². The van der Waals surface area contributed by atoms with Crippen molar-refractivity contribution in [1.82, 2.24) is 9.88 Å². The number of unbranched alkanes of at least 4 members (excludes halogenated alkanes) is 1. The van der Waals surface area contributed by atoms with Gasteiger partial charge in [0, 0.05) is 55.4 Å². The van der Waals surface area contributed by atoms with Crippen molar-refractivity contribution in [3.63, 3.8) is 0 Å². The van der Waals surface area contributed by atoms with Crippen molar-refractivity contribution >= 4 is 16.6 Å². The van der Waals surface area contributed by atoms with Gasteiger partial charge in [0.25, 0.3) is 0 Å². The van der Waals surface area contributed by atoms with E-state index in [0.717, 1.165) is 43.5 Å². The number of aryl methyl sites for hydroxylation is 1. The molecule has 0 saturated carbocycles. The number of rotatable bonds is 9. The number of nitrogens with one attached hydrogen (secondary N) is 1. The molecule has 0 amide bonds. The Bertz CT molecular complexity index is 1060. The molecule has 0 radical (unpaired) electrons. The number of hydrogen-bond acceptors (Lipinski definition) is 5. The quantitative estimate of drug-likeness (QED) is 0.539. The number of H-pyrrole nitrogens is 1. The Morgan fingerprint density at radius 2 is 1.81 bits per heavy atom. The molecule has 0 bridgehead atoms. The van der Waals surface area contributed by atoms with Gasteiger partial charge in [-0.25, -0.2) is 0 Å². The minimum Gasteiger partial charge on any atom is -0.491 e. The van der Waals surface area contributed by atoms with Gasteiger partial charge in [-0.15, -0.1) is 0 Å². The molecule has 1 aliphatic heterocycles. The lowest BCUT2D eigenvalue weighted by Gasteiger charge is -2.37. The molecule has 1 fully saturated rings. The van der Waals surface area contributed by atoms with E-state index in [4.69, 9.17) is 4.74 Å². The molecule has 32 heavy (non-hydrogen) atoms. The minimum atomic E-state index is -0.550. The molecule has 3 aromatic rings. The largest absolute Gasteiger partial charge is 0.491 e. The Morgan fingerprint density at radius 3 is 2.56 bits per heavy atom. The van der Waals surface area contributed by atoms with Gasteiger partial charge in [0.05, 0.1) is 0 Å². The van der Waals surface area contributed by atoms with Gasteiger partial charge in [-0.3, -0.25) is 9.69 Å². The van der Waals surface area contributed by atoms with Crippen LogP contribution in [-0.2, 0) is 6.42 Å². The van der Waals surface area contributed by atoms with Crippen molar-refractivity contribution in [2.45, 2.75) is 32.3 Å². The number of hydrogen-bond donors (Lipinski definition) is 2. The molecule has 4 rings (SSSR count). The molecule has 6 heteroatoms. The van der Waals surface area contributed by atoms with E-state index < -0.39 is 6.10 Å². The van der Waals surface area contributed by atoms with Crippen LogP contribution in [-0.4, -0.2) is 60.4 Å². The van der Waals surface area contributed by atoms with Crippen LogP contribution in [0.15, 0.2) is 59.4 Å². The number of pyridine rings is 1. The summed E-state index contributed by atoms with van der Waals surface area (Å²) in [6.45, 7) is 6.86. The number of piperazine rings is 1. The third-order valence-electron chi connectivity index (χ3n) is 6.10. The molecule has 6 nitrogen and oxygen atoms in total. The Balaban J connectivity index is 1.22. The average molecular weight is 436 g/mol. The fourth-order valence-electron chi connectivity index (χ4n) is 4.21.